The second kappa shape index (κ2) is 6.00. The topological polar surface area (TPSA) is 152 Å². The molecule has 2 heterocycles. The van der Waals surface area contributed by atoms with E-state index in [2.05, 4.69) is 15.1 Å². The van der Waals surface area contributed by atoms with E-state index in [-0.39, 0.29) is 23.0 Å². The summed E-state index contributed by atoms with van der Waals surface area (Å²) in [5, 5.41) is 34.7. The Labute approximate surface area is 139 Å². The SMILES string of the molecule is Cc1nc(-c2cc(O)c(O)c([N+](=O)[O-])c2C(=O)c2ccccn2)no1. The molecule has 10 nitrogen and oxygen atoms in total. The summed E-state index contributed by atoms with van der Waals surface area (Å²) in [6.07, 6.45) is 1.34. The van der Waals surface area contributed by atoms with Crippen molar-refractivity contribution >= 4 is 11.5 Å². The molecular weight excluding hydrogens is 332 g/mol. The van der Waals surface area contributed by atoms with Crippen molar-refractivity contribution in [3.63, 3.8) is 0 Å². The van der Waals surface area contributed by atoms with E-state index in [4.69, 9.17) is 4.52 Å². The molecule has 0 amide bonds. The lowest BCUT2D eigenvalue weighted by Crippen LogP contribution is -2.10. The zero-order valence-electron chi connectivity index (χ0n) is 12.7. The highest BCUT2D eigenvalue weighted by molar-refractivity contribution is 6.15. The molecule has 2 N–H and O–H groups in total. The van der Waals surface area contributed by atoms with Crippen LogP contribution in [0.25, 0.3) is 11.4 Å². The third-order valence-electron chi connectivity index (χ3n) is 3.33. The third kappa shape index (κ3) is 2.76. The maximum Gasteiger partial charge on any atom is 0.326 e. The highest BCUT2D eigenvalue weighted by Gasteiger charge is 2.34. The van der Waals surface area contributed by atoms with Crippen molar-refractivity contribution in [1.82, 2.24) is 15.1 Å². The molecule has 10 heteroatoms. The highest BCUT2D eigenvalue weighted by atomic mass is 16.6. The number of carbonyl (C=O) groups is 1. The number of phenols is 2. The van der Waals surface area contributed by atoms with Crippen LogP contribution >= 0.6 is 0 Å². The smallest absolute Gasteiger partial charge is 0.326 e. The molecule has 2 aromatic heterocycles. The average molecular weight is 342 g/mol. The Kier molecular flexibility index (Phi) is 3.85. The van der Waals surface area contributed by atoms with Gasteiger partial charge in [0.25, 0.3) is 0 Å². The first-order chi connectivity index (χ1) is 11.9. The van der Waals surface area contributed by atoms with Gasteiger partial charge in [0, 0.05) is 18.7 Å². The molecule has 0 bridgehead atoms. The summed E-state index contributed by atoms with van der Waals surface area (Å²) >= 11 is 0. The van der Waals surface area contributed by atoms with Crippen molar-refractivity contribution in [3.05, 3.63) is 57.7 Å². The van der Waals surface area contributed by atoms with Gasteiger partial charge in [0.2, 0.25) is 23.2 Å². The monoisotopic (exact) mass is 342 g/mol. The molecule has 0 saturated heterocycles. The molecule has 0 aliphatic rings. The van der Waals surface area contributed by atoms with Crippen LogP contribution in [0.3, 0.4) is 0 Å². The van der Waals surface area contributed by atoms with E-state index in [1.54, 1.807) is 6.07 Å². The Morgan fingerprint density at radius 1 is 1.32 bits per heavy atom. The predicted octanol–water partition coefficient (Wildman–Crippen LogP) is 1.99. The van der Waals surface area contributed by atoms with Crippen LogP contribution < -0.4 is 0 Å². The molecule has 0 spiro atoms. The van der Waals surface area contributed by atoms with E-state index in [9.17, 15) is 25.1 Å². The second-order valence-corrected chi connectivity index (χ2v) is 4.95. The minimum Gasteiger partial charge on any atom is -0.504 e. The summed E-state index contributed by atoms with van der Waals surface area (Å²) in [6.45, 7) is 1.49. The molecule has 0 radical (unpaired) electrons. The molecule has 0 aliphatic heterocycles. The summed E-state index contributed by atoms with van der Waals surface area (Å²) in [4.78, 5) is 31.0. The molecule has 0 unspecified atom stereocenters. The molecule has 126 valence electrons. The Morgan fingerprint density at radius 2 is 2.08 bits per heavy atom. The Hall–Kier alpha value is -3.82. The fourth-order valence-corrected chi connectivity index (χ4v) is 2.26. The summed E-state index contributed by atoms with van der Waals surface area (Å²) in [5.41, 5.74) is -1.71. The first-order valence-corrected chi connectivity index (χ1v) is 6.90. The van der Waals surface area contributed by atoms with Gasteiger partial charge in [-0.1, -0.05) is 11.2 Å². The fraction of sp³-hybridized carbons (Fsp3) is 0.0667. The van der Waals surface area contributed by atoms with E-state index < -0.39 is 33.5 Å². The van der Waals surface area contributed by atoms with Gasteiger partial charge in [0.05, 0.1) is 4.92 Å². The zero-order valence-corrected chi connectivity index (χ0v) is 12.7. The number of nitro groups is 1. The molecule has 25 heavy (non-hydrogen) atoms. The van der Waals surface area contributed by atoms with Crippen molar-refractivity contribution < 1.29 is 24.5 Å². The van der Waals surface area contributed by atoms with Gasteiger partial charge in [0.1, 0.15) is 11.3 Å². The van der Waals surface area contributed by atoms with Crippen molar-refractivity contribution in [3.8, 4) is 22.9 Å². The largest absolute Gasteiger partial charge is 0.504 e. The van der Waals surface area contributed by atoms with E-state index in [1.807, 2.05) is 0 Å². The van der Waals surface area contributed by atoms with E-state index in [0.29, 0.717) is 0 Å². The van der Waals surface area contributed by atoms with Gasteiger partial charge in [-0.2, -0.15) is 4.98 Å². The number of ketones is 1. The Bertz CT molecular complexity index is 983. The van der Waals surface area contributed by atoms with Crippen molar-refractivity contribution in [1.29, 1.82) is 0 Å². The lowest BCUT2D eigenvalue weighted by Gasteiger charge is -2.09. The van der Waals surface area contributed by atoms with Gasteiger partial charge in [-0.3, -0.25) is 19.9 Å². The lowest BCUT2D eigenvalue weighted by atomic mass is 9.97. The maximum absolute atomic E-state index is 12.8. The Morgan fingerprint density at radius 3 is 2.64 bits per heavy atom. The third-order valence-corrected chi connectivity index (χ3v) is 3.33. The standard InChI is InChI=1S/C15H10N4O6/c1-7-17-15(18-25-7)8-6-10(20)14(22)12(19(23)24)11(8)13(21)9-4-2-3-5-16-9/h2-6,20,22H,1H3. The van der Waals surface area contributed by atoms with Gasteiger partial charge < -0.3 is 14.7 Å². The quantitative estimate of drug-likeness (QED) is 0.313. The van der Waals surface area contributed by atoms with Crippen molar-refractivity contribution in [2.75, 3.05) is 0 Å². The average Bonchev–Trinajstić information content (AvgIpc) is 3.03. The maximum atomic E-state index is 12.8. The van der Waals surface area contributed by atoms with Crippen LogP contribution in [-0.4, -0.2) is 36.0 Å². The van der Waals surface area contributed by atoms with Gasteiger partial charge in [0.15, 0.2) is 5.75 Å². The summed E-state index contributed by atoms with van der Waals surface area (Å²) in [6, 6.07) is 5.43. The van der Waals surface area contributed by atoms with Crippen LogP contribution in [0.2, 0.25) is 0 Å². The number of hydrogen-bond donors (Lipinski definition) is 2. The van der Waals surface area contributed by atoms with Crippen molar-refractivity contribution in [2.45, 2.75) is 6.92 Å². The number of nitrogens with zero attached hydrogens (tertiary/aromatic N) is 4. The van der Waals surface area contributed by atoms with Gasteiger partial charge in [-0.15, -0.1) is 0 Å². The van der Waals surface area contributed by atoms with Gasteiger partial charge >= 0.3 is 5.69 Å². The molecule has 0 saturated carbocycles. The van der Waals surface area contributed by atoms with Gasteiger partial charge in [-0.25, -0.2) is 0 Å². The lowest BCUT2D eigenvalue weighted by molar-refractivity contribution is -0.386. The number of aryl methyl sites for hydroxylation is 1. The first-order valence-electron chi connectivity index (χ1n) is 6.90. The minimum atomic E-state index is -1.03. The minimum absolute atomic E-state index is 0.0860. The number of benzene rings is 1. The highest BCUT2D eigenvalue weighted by Crippen LogP contribution is 2.43. The summed E-state index contributed by atoms with van der Waals surface area (Å²) in [5.74, 6) is -2.65. The van der Waals surface area contributed by atoms with E-state index >= 15 is 0 Å². The molecular formula is C15H10N4O6. The number of pyridine rings is 1. The Balaban J connectivity index is 2.35. The number of aromatic nitrogens is 3. The second-order valence-electron chi connectivity index (χ2n) is 4.95. The first kappa shape index (κ1) is 16.1. The van der Waals surface area contributed by atoms with Crippen LogP contribution in [0.15, 0.2) is 35.0 Å². The van der Waals surface area contributed by atoms with Crippen LogP contribution in [0.1, 0.15) is 21.9 Å². The normalized spacial score (nSPS) is 10.6. The summed E-state index contributed by atoms with van der Waals surface area (Å²) in [7, 11) is 0. The number of rotatable bonds is 4. The van der Waals surface area contributed by atoms with E-state index in [0.717, 1.165) is 6.07 Å². The fourth-order valence-electron chi connectivity index (χ4n) is 2.26. The molecule has 0 atom stereocenters. The number of phenolic OH excluding ortho intramolecular Hbond substituents is 2. The number of nitro benzene ring substituents is 1. The number of hydrogen-bond acceptors (Lipinski definition) is 9. The number of carbonyl (C=O) groups excluding carboxylic acids is 1. The number of aromatic hydroxyl groups is 2. The van der Waals surface area contributed by atoms with E-state index in [1.165, 1.54) is 25.3 Å². The van der Waals surface area contributed by atoms with Crippen LogP contribution in [0.4, 0.5) is 5.69 Å². The molecule has 0 aliphatic carbocycles. The van der Waals surface area contributed by atoms with Crippen LogP contribution in [0.5, 0.6) is 11.5 Å². The van der Waals surface area contributed by atoms with Crippen LogP contribution in [-0.2, 0) is 0 Å². The van der Waals surface area contributed by atoms with Crippen molar-refractivity contribution in [2.24, 2.45) is 0 Å². The predicted molar refractivity (Wildman–Crippen MR) is 82.1 cm³/mol. The molecule has 3 rings (SSSR count). The molecule has 3 aromatic rings. The summed E-state index contributed by atoms with van der Waals surface area (Å²) < 4.78 is 4.83. The molecule has 0 fully saturated rings. The molecule has 1 aromatic carbocycles. The van der Waals surface area contributed by atoms with Gasteiger partial charge in [-0.05, 0) is 18.2 Å². The zero-order chi connectivity index (χ0) is 18.1. The van der Waals surface area contributed by atoms with Crippen LogP contribution in [0, 0.1) is 17.0 Å².